The molecule has 0 aliphatic rings. The van der Waals surface area contributed by atoms with Crippen LogP contribution in [-0.4, -0.2) is 82.1 Å². The van der Waals surface area contributed by atoms with Crippen molar-refractivity contribution in [2.45, 2.75) is 316 Å². The fourth-order valence-corrected chi connectivity index (χ4v) is 9.56. The molecule has 74 heavy (non-hydrogen) atoms. The third-order valence-electron chi connectivity index (χ3n) is 14.4. The highest BCUT2D eigenvalue weighted by molar-refractivity contribution is 5.69. The molecule has 9 heteroatoms. The Balaban J connectivity index is 2.31. The summed E-state index contributed by atoms with van der Waals surface area (Å²) in [5, 5.41) is 0. The summed E-state index contributed by atoms with van der Waals surface area (Å²) < 4.78 is 36.0. The van der Waals surface area contributed by atoms with Crippen molar-refractivity contribution in [3.8, 4) is 0 Å². The molecular weight excluding hydrogens is 923 g/mol. The van der Waals surface area contributed by atoms with Crippen LogP contribution in [0.25, 0.3) is 0 Å². The van der Waals surface area contributed by atoms with E-state index in [0.717, 1.165) is 83.8 Å². The molecular formula is C65H121NO8. The van der Waals surface area contributed by atoms with E-state index >= 15 is 0 Å². The Morgan fingerprint density at radius 1 is 0.351 bits per heavy atom. The molecule has 0 heterocycles. The molecule has 0 spiro atoms. The lowest BCUT2D eigenvalue weighted by molar-refractivity contribution is -0.159. The molecule has 0 atom stereocenters. The second-order valence-electron chi connectivity index (χ2n) is 21.6. The SMILES string of the molecule is CCCCCCCCCOC(CCC(=O)OCCCCCCCN(CCCCCCCOC(=O)CCC(OCCCCCCCCC)OCCCCCCCCC)Cc1ccccc1)OCCCCCCCCC. The number of nitrogens with zero attached hydrogens (tertiary/aromatic N) is 1. The Hall–Kier alpha value is -2.04. The number of rotatable bonds is 60. The van der Waals surface area contributed by atoms with Crippen LogP contribution in [0.1, 0.15) is 303 Å². The van der Waals surface area contributed by atoms with E-state index in [1.807, 2.05) is 0 Å². The summed E-state index contributed by atoms with van der Waals surface area (Å²) in [5.41, 5.74) is 1.37. The average molecular weight is 1040 g/mol. The number of unbranched alkanes of at least 4 members (excludes halogenated alkanes) is 32. The molecule has 0 aliphatic carbocycles. The molecule has 1 aromatic carbocycles. The van der Waals surface area contributed by atoms with Crippen molar-refractivity contribution in [1.82, 2.24) is 4.90 Å². The molecule has 0 N–H and O–H groups in total. The summed E-state index contributed by atoms with van der Waals surface area (Å²) >= 11 is 0. The van der Waals surface area contributed by atoms with Crippen LogP contribution in [0.4, 0.5) is 0 Å². The second-order valence-corrected chi connectivity index (χ2v) is 21.6. The van der Waals surface area contributed by atoms with Gasteiger partial charge in [0.1, 0.15) is 0 Å². The van der Waals surface area contributed by atoms with E-state index in [2.05, 4.69) is 62.9 Å². The Kier molecular flexibility index (Phi) is 54.0. The lowest BCUT2D eigenvalue weighted by atomic mass is 10.1. The van der Waals surface area contributed by atoms with E-state index in [0.29, 0.717) is 65.3 Å². The van der Waals surface area contributed by atoms with Crippen LogP contribution in [-0.2, 0) is 44.6 Å². The number of hydrogen-bond acceptors (Lipinski definition) is 9. The van der Waals surface area contributed by atoms with Crippen LogP contribution in [0.5, 0.6) is 0 Å². The monoisotopic (exact) mass is 1040 g/mol. The number of benzene rings is 1. The maximum absolute atomic E-state index is 12.7. The standard InChI is InChI=1S/C65H121NO8/c1-5-9-13-17-21-29-42-56-71-64(72-57-43-30-22-18-14-10-6-2)50-48-62(67)69-54-40-33-25-27-38-52-66(60-61-46-36-35-37-47-61)53-39-28-26-34-41-55-70-63(68)49-51-65(73-58-44-31-23-19-15-11-7-3)74-59-45-32-24-20-16-12-8-4/h35-37,46-47,64-65H,5-34,38-45,48-60H2,1-4H3. The van der Waals surface area contributed by atoms with Gasteiger partial charge in [-0.05, 0) is 70.0 Å². The minimum absolute atomic E-state index is 0.136. The highest BCUT2D eigenvalue weighted by atomic mass is 16.7. The molecule has 0 unspecified atom stereocenters. The molecule has 1 rings (SSSR count). The maximum atomic E-state index is 12.7. The summed E-state index contributed by atoms with van der Waals surface area (Å²) in [6.45, 7) is 16.0. The van der Waals surface area contributed by atoms with Gasteiger partial charge in [-0.25, -0.2) is 0 Å². The molecule has 434 valence electrons. The van der Waals surface area contributed by atoms with Gasteiger partial charge in [0.15, 0.2) is 12.6 Å². The summed E-state index contributed by atoms with van der Waals surface area (Å²) in [5.74, 6) is -0.272. The van der Waals surface area contributed by atoms with E-state index < -0.39 is 0 Å². The Morgan fingerprint density at radius 2 is 0.622 bits per heavy atom. The van der Waals surface area contributed by atoms with Crippen LogP contribution in [0.2, 0.25) is 0 Å². The van der Waals surface area contributed by atoms with E-state index in [-0.39, 0.29) is 24.5 Å². The van der Waals surface area contributed by atoms with Crippen LogP contribution < -0.4 is 0 Å². The second kappa shape index (κ2) is 57.1. The van der Waals surface area contributed by atoms with Gasteiger partial charge in [-0.3, -0.25) is 14.5 Å². The summed E-state index contributed by atoms with van der Waals surface area (Å²) in [7, 11) is 0. The van der Waals surface area contributed by atoms with Crippen LogP contribution in [0.15, 0.2) is 30.3 Å². The van der Waals surface area contributed by atoms with Gasteiger partial charge in [0.2, 0.25) is 0 Å². The minimum Gasteiger partial charge on any atom is -0.466 e. The van der Waals surface area contributed by atoms with Gasteiger partial charge in [0.05, 0.1) is 26.1 Å². The molecule has 0 aromatic heterocycles. The molecule has 0 bridgehead atoms. The predicted octanol–water partition coefficient (Wildman–Crippen LogP) is 18.8. The van der Waals surface area contributed by atoms with Crippen molar-refractivity contribution < 1.29 is 38.0 Å². The van der Waals surface area contributed by atoms with Crippen LogP contribution >= 0.6 is 0 Å². The molecule has 0 saturated carbocycles. The highest BCUT2D eigenvalue weighted by Crippen LogP contribution is 2.17. The van der Waals surface area contributed by atoms with Gasteiger partial charge in [0.25, 0.3) is 0 Å². The lowest BCUT2D eigenvalue weighted by Gasteiger charge is -2.22. The van der Waals surface area contributed by atoms with Gasteiger partial charge in [-0.2, -0.15) is 0 Å². The van der Waals surface area contributed by atoms with Crippen molar-refractivity contribution >= 4 is 11.9 Å². The molecule has 0 saturated heterocycles. The van der Waals surface area contributed by atoms with Crippen molar-refractivity contribution in [2.75, 3.05) is 52.7 Å². The third kappa shape index (κ3) is 49.5. The van der Waals surface area contributed by atoms with Gasteiger partial charge in [0, 0.05) is 45.8 Å². The highest BCUT2D eigenvalue weighted by Gasteiger charge is 2.16. The number of esters is 2. The molecule has 1 aromatic rings. The van der Waals surface area contributed by atoms with Crippen LogP contribution in [0.3, 0.4) is 0 Å². The normalized spacial score (nSPS) is 11.7. The first-order chi connectivity index (χ1) is 36.5. The molecule has 9 nitrogen and oxygen atoms in total. The summed E-state index contributed by atoms with van der Waals surface area (Å²) in [6.07, 6.45) is 47.3. The fourth-order valence-electron chi connectivity index (χ4n) is 9.56. The van der Waals surface area contributed by atoms with E-state index in [1.165, 1.54) is 185 Å². The largest absolute Gasteiger partial charge is 0.466 e. The average Bonchev–Trinajstić information content (AvgIpc) is 3.41. The summed E-state index contributed by atoms with van der Waals surface area (Å²) in [6, 6.07) is 10.8. The Morgan fingerprint density at radius 3 is 0.932 bits per heavy atom. The lowest BCUT2D eigenvalue weighted by Crippen LogP contribution is -2.25. The predicted molar refractivity (Wildman–Crippen MR) is 312 cm³/mol. The molecule has 0 aliphatic heterocycles. The van der Waals surface area contributed by atoms with E-state index in [9.17, 15) is 9.59 Å². The zero-order valence-corrected chi connectivity index (χ0v) is 49.3. The van der Waals surface area contributed by atoms with Crippen molar-refractivity contribution in [1.29, 1.82) is 0 Å². The van der Waals surface area contributed by atoms with Gasteiger partial charge >= 0.3 is 11.9 Å². The summed E-state index contributed by atoms with van der Waals surface area (Å²) in [4.78, 5) is 28.0. The maximum Gasteiger partial charge on any atom is 0.305 e. The Labute approximate surface area is 458 Å². The van der Waals surface area contributed by atoms with E-state index in [1.54, 1.807) is 0 Å². The quantitative estimate of drug-likeness (QED) is 0.0359. The fraction of sp³-hybridized carbons (Fsp3) is 0.877. The molecule has 0 radical (unpaired) electrons. The number of hydrogen-bond donors (Lipinski definition) is 0. The van der Waals surface area contributed by atoms with Crippen LogP contribution in [0, 0.1) is 0 Å². The Bertz CT molecular complexity index is 1170. The minimum atomic E-state index is -0.322. The first kappa shape index (κ1) is 70.0. The first-order valence-corrected chi connectivity index (χ1v) is 32.1. The third-order valence-corrected chi connectivity index (χ3v) is 14.4. The van der Waals surface area contributed by atoms with Gasteiger partial charge in [-0.1, -0.05) is 251 Å². The first-order valence-electron chi connectivity index (χ1n) is 32.1. The van der Waals surface area contributed by atoms with Crippen molar-refractivity contribution in [3.05, 3.63) is 35.9 Å². The molecule has 0 fully saturated rings. The van der Waals surface area contributed by atoms with Gasteiger partial charge in [-0.15, -0.1) is 0 Å². The zero-order chi connectivity index (χ0) is 53.3. The van der Waals surface area contributed by atoms with Gasteiger partial charge < -0.3 is 28.4 Å². The van der Waals surface area contributed by atoms with E-state index in [4.69, 9.17) is 28.4 Å². The van der Waals surface area contributed by atoms with Crippen molar-refractivity contribution in [3.63, 3.8) is 0 Å². The topological polar surface area (TPSA) is 92.8 Å². The molecule has 0 amide bonds. The number of carbonyl (C=O) groups is 2. The smallest absolute Gasteiger partial charge is 0.305 e. The number of ether oxygens (including phenoxy) is 6. The number of carbonyl (C=O) groups excluding carboxylic acids is 2. The zero-order valence-electron chi connectivity index (χ0n) is 49.3. The van der Waals surface area contributed by atoms with Crippen molar-refractivity contribution in [2.24, 2.45) is 0 Å².